The zero-order valence-electron chi connectivity index (χ0n) is 5.37. The molecule has 0 bridgehead atoms. The van der Waals surface area contributed by atoms with E-state index in [1.54, 1.807) is 0 Å². The first-order valence-corrected chi connectivity index (χ1v) is 3.72. The van der Waals surface area contributed by atoms with Crippen molar-refractivity contribution in [1.29, 1.82) is 0 Å². The highest BCUT2D eigenvalue weighted by molar-refractivity contribution is 7.20. The second kappa shape index (κ2) is 3.29. The van der Waals surface area contributed by atoms with Crippen LogP contribution in [0.3, 0.4) is 0 Å². The Morgan fingerprint density at radius 3 is 2.36 bits per heavy atom. The van der Waals surface area contributed by atoms with Gasteiger partial charge in [0.05, 0.1) is 0 Å². The third-order valence-electron chi connectivity index (χ3n) is 1.15. The Bertz CT molecular complexity index is 216. The molecule has 0 aliphatic rings. The van der Waals surface area contributed by atoms with Crippen LogP contribution in [0.25, 0.3) is 0 Å². The van der Waals surface area contributed by atoms with E-state index < -0.39 is 13.5 Å². The van der Waals surface area contributed by atoms with Crippen molar-refractivity contribution in [2.75, 3.05) is 0 Å². The first-order chi connectivity index (χ1) is 5.11. The molecule has 1 rings (SSSR count). The van der Waals surface area contributed by atoms with Crippen molar-refractivity contribution in [3.63, 3.8) is 0 Å². The molecule has 0 atom stereocenters. The molecule has 0 fully saturated rings. The third kappa shape index (κ3) is 1.98. The van der Waals surface area contributed by atoms with Crippen LogP contribution in [0.4, 0.5) is 8.78 Å². The molecular weight excluding hydrogens is 173 g/mol. The predicted octanol–water partition coefficient (Wildman–Crippen LogP) is 0.366. The molecule has 0 amide bonds. The number of alkyl halides is 2. The Kier molecular flexibility index (Phi) is 2.59. The normalized spacial score (nSPS) is 10.6. The van der Waals surface area contributed by atoms with E-state index in [-0.39, 0.29) is 10.3 Å². The van der Waals surface area contributed by atoms with Crippen LogP contribution in [0.5, 0.6) is 0 Å². The van der Waals surface area contributed by atoms with Crippen LogP contribution in [0.15, 0.2) is 11.4 Å². The van der Waals surface area contributed by atoms with Gasteiger partial charge in [-0.15, -0.1) is 0 Å². The summed E-state index contributed by atoms with van der Waals surface area (Å²) in [7, 11) is -1.65. The second-order valence-corrected chi connectivity index (χ2v) is 2.90. The summed E-state index contributed by atoms with van der Waals surface area (Å²) in [5.41, 5.74) is -0.168. The van der Waals surface area contributed by atoms with Crippen molar-refractivity contribution in [3.8, 4) is 0 Å². The molecule has 0 aliphatic carbocycles. The van der Waals surface area contributed by atoms with Crippen LogP contribution in [0, 0.1) is 0 Å². The fourth-order valence-corrected chi connectivity index (χ4v) is 1.39. The SMILES string of the molecule is OB(O)c1cc(C(F)F)cs1. The molecule has 0 saturated carbocycles. The molecule has 0 radical (unpaired) electrons. The van der Waals surface area contributed by atoms with Crippen LogP contribution in [-0.2, 0) is 0 Å². The highest BCUT2D eigenvalue weighted by atomic mass is 32.1. The smallest absolute Gasteiger partial charge is 0.423 e. The maximum Gasteiger partial charge on any atom is 0.499 e. The summed E-state index contributed by atoms with van der Waals surface area (Å²) < 4.78 is 23.9. The lowest BCUT2D eigenvalue weighted by Crippen LogP contribution is -2.26. The monoisotopic (exact) mass is 178 g/mol. The molecule has 6 heteroatoms. The maximum absolute atomic E-state index is 11.9. The van der Waals surface area contributed by atoms with Crippen LogP contribution in [0.2, 0.25) is 0 Å². The highest BCUT2D eigenvalue weighted by Gasteiger charge is 2.16. The van der Waals surface area contributed by atoms with E-state index in [4.69, 9.17) is 10.0 Å². The molecule has 2 nitrogen and oxygen atoms in total. The molecule has 1 aromatic heterocycles. The largest absolute Gasteiger partial charge is 0.499 e. The lowest BCUT2D eigenvalue weighted by molar-refractivity contribution is 0.152. The Morgan fingerprint density at radius 2 is 2.09 bits per heavy atom. The zero-order chi connectivity index (χ0) is 8.43. The molecule has 0 unspecified atom stereocenters. The summed E-state index contributed by atoms with van der Waals surface area (Å²) in [6.07, 6.45) is -2.54. The summed E-state index contributed by atoms with van der Waals surface area (Å²) >= 11 is 0.906. The number of thiophene rings is 1. The van der Waals surface area contributed by atoms with Gasteiger partial charge >= 0.3 is 7.12 Å². The average molecular weight is 178 g/mol. The van der Waals surface area contributed by atoms with Gasteiger partial charge in [-0.2, -0.15) is 11.3 Å². The Morgan fingerprint density at radius 1 is 1.45 bits per heavy atom. The highest BCUT2D eigenvalue weighted by Crippen LogP contribution is 2.19. The van der Waals surface area contributed by atoms with E-state index in [0.29, 0.717) is 0 Å². The van der Waals surface area contributed by atoms with E-state index in [1.165, 1.54) is 5.38 Å². The van der Waals surface area contributed by atoms with Crippen molar-refractivity contribution < 1.29 is 18.8 Å². The Balaban J connectivity index is 2.82. The molecule has 2 N–H and O–H groups in total. The molecule has 60 valence electrons. The minimum absolute atomic E-state index is 0.139. The van der Waals surface area contributed by atoms with Crippen molar-refractivity contribution in [1.82, 2.24) is 0 Å². The molecular formula is C5H5BF2O2S. The van der Waals surface area contributed by atoms with Gasteiger partial charge in [0.2, 0.25) is 0 Å². The molecule has 0 aliphatic heterocycles. The van der Waals surface area contributed by atoms with Crippen molar-refractivity contribution in [2.24, 2.45) is 0 Å². The summed E-state index contributed by atoms with van der Waals surface area (Å²) in [6.45, 7) is 0. The van der Waals surface area contributed by atoms with E-state index >= 15 is 0 Å². The summed E-state index contributed by atoms with van der Waals surface area (Å²) in [5, 5.41) is 18.3. The minimum atomic E-state index is -2.54. The summed E-state index contributed by atoms with van der Waals surface area (Å²) in [5.74, 6) is 0. The van der Waals surface area contributed by atoms with E-state index in [1.807, 2.05) is 0 Å². The van der Waals surface area contributed by atoms with Gasteiger partial charge in [0.1, 0.15) is 0 Å². The van der Waals surface area contributed by atoms with Gasteiger partial charge in [0.15, 0.2) is 0 Å². The second-order valence-electron chi connectivity index (χ2n) is 1.96. The molecule has 11 heavy (non-hydrogen) atoms. The molecule has 0 aromatic carbocycles. The van der Waals surface area contributed by atoms with E-state index in [2.05, 4.69) is 0 Å². The van der Waals surface area contributed by atoms with E-state index in [0.717, 1.165) is 17.4 Å². The summed E-state index contributed by atoms with van der Waals surface area (Å²) in [4.78, 5) is 0. The lowest BCUT2D eigenvalue weighted by Gasteiger charge is -1.91. The van der Waals surface area contributed by atoms with Gasteiger partial charge in [0, 0.05) is 10.3 Å². The number of halogens is 2. The Hall–Kier alpha value is -0.455. The van der Waals surface area contributed by atoms with Crippen molar-refractivity contribution in [3.05, 3.63) is 17.0 Å². The summed E-state index contributed by atoms with van der Waals surface area (Å²) in [6, 6.07) is 1.08. The predicted molar refractivity (Wildman–Crippen MR) is 39.1 cm³/mol. The first kappa shape index (κ1) is 8.64. The molecule has 0 saturated heterocycles. The van der Waals surface area contributed by atoms with Gasteiger partial charge in [-0.25, -0.2) is 8.78 Å². The zero-order valence-corrected chi connectivity index (χ0v) is 6.18. The molecule has 0 spiro atoms. The number of hydrogen-bond donors (Lipinski definition) is 2. The maximum atomic E-state index is 11.9. The van der Waals surface area contributed by atoms with E-state index in [9.17, 15) is 8.78 Å². The van der Waals surface area contributed by atoms with Crippen molar-refractivity contribution in [2.45, 2.75) is 6.43 Å². The average Bonchev–Trinajstić information content (AvgIpc) is 2.33. The van der Waals surface area contributed by atoms with Gasteiger partial charge in [-0.05, 0) is 11.4 Å². The lowest BCUT2D eigenvalue weighted by atomic mass is 9.89. The fraction of sp³-hybridized carbons (Fsp3) is 0.200. The molecule has 1 aromatic rings. The van der Waals surface area contributed by atoms with Crippen LogP contribution < -0.4 is 4.78 Å². The van der Waals surface area contributed by atoms with Gasteiger partial charge < -0.3 is 10.0 Å². The first-order valence-electron chi connectivity index (χ1n) is 2.84. The van der Waals surface area contributed by atoms with Crippen molar-refractivity contribution >= 4 is 23.2 Å². The molecule has 1 heterocycles. The van der Waals surface area contributed by atoms with Crippen LogP contribution in [-0.4, -0.2) is 17.2 Å². The quantitative estimate of drug-likeness (QED) is 0.642. The van der Waals surface area contributed by atoms with Crippen LogP contribution in [0.1, 0.15) is 12.0 Å². The topological polar surface area (TPSA) is 40.5 Å². The van der Waals surface area contributed by atoms with Gasteiger partial charge in [-0.1, -0.05) is 0 Å². The fourth-order valence-electron chi connectivity index (χ4n) is 0.618. The van der Waals surface area contributed by atoms with Crippen LogP contribution >= 0.6 is 11.3 Å². The Labute approximate surface area is 66.2 Å². The standard InChI is InChI=1S/C5H5BF2O2S/c7-5(8)3-1-4(6(9)10)11-2-3/h1-2,5,9-10H. The van der Waals surface area contributed by atoms with Gasteiger partial charge in [0.25, 0.3) is 6.43 Å². The number of rotatable bonds is 2. The number of hydrogen-bond acceptors (Lipinski definition) is 3. The van der Waals surface area contributed by atoms with Gasteiger partial charge in [-0.3, -0.25) is 0 Å². The minimum Gasteiger partial charge on any atom is -0.423 e. The third-order valence-corrected chi connectivity index (χ3v) is 2.14.